The van der Waals surface area contributed by atoms with E-state index in [0.29, 0.717) is 6.04 Å². The van der Waals surface area contributed by atoms with E-state index in [2.05, 4.69) is 47.5 Å². The van der Waals surface area contributed by atoms with Crippen molar-refractivity contribution in [2.45, 2.75) is 44.3 Å². The molecule has 138 valence electrons. The van der Waals surface area contributed by atoms with Crippen molar-refractivity contribution in [2.75, 3.05) is 13.1 Å². The Labute approximate surface area is 156 Å². The predicted octanol–water partition coefficient (Wildman–Crippen LogP) is 3.20. The van der Waals surface area contributed by atoms with Gasteiger partial charge in [0.2, 0.25) is 5.91 Å². The number of nitrogens with two attached hydrogens (primary N) is 1. The zero-order valence-corrected chi connectivity index (χ0v) is 15.7. The summed E-state index contributed by atoms with van der Waals surface area (Å²) in [5, 5.41) is 3.17. The molecule has 0 aliphatic carbocycles. The molecule has 0 spiro atoms. The van der Waals surface area contributed by atoms with Gasteiger partial charge in [0.05, 0.1) is 0 Å². The van der Waals surface area contributed by atoms with Crippen LogP contribution in [0.2, 0.25) is 0 Å². The summed E-state index contributed by atoms with van der Waals surface area (Å²) >= 11 is 0. The van der Waals surface area contributed by atoms with E-state index in [1.807, 2.05) is 30.3 Å². The molecular formula is C22H29N3O. The third-order valence-corrected chi connectivity index (χ3v) is 5.54. The summed E-state index contributed by atoms with van der Waals surface area (Å²) in [6.07, 6.45) is 1.90. The molecule has 1 aliphatic rings. The topological polar surface area (TPSA) is 58.4 Å². The van der Waals surface area contributed by atoms with Crippen LogP contribution >= 0.6 is 0 Å². The number of hydrogen-bond donors (Lipinski definition) is 2. The van der Waals surface area contributed by atoms with Crippen molar-refractivity contribution in [1.82, 2.24) is 10.2 Å². The van der Waals surface area contributed by atoms with Gasteiger partial charge in [-0.05, 0) is 37.8 Å². The van der Waals surface area contributed by atoms with Crippen molar-refractivity contribution >= 4 is 5.91 Å². The predicted molar refractivity (Wildman–Crippen MR) is 106 cm³/mol. The van der Waals surface area contributed by atoms with Gasteiger partial charge >= 0.3 is 0 Å². The second kappa shape index (κ2) is 8.02. The van der Waals surface area contributed by atoms with E-state index in [4.69, 9.17) is 5.73 Å². The van der Waals surface area contributed by atoms with Crippen LogP contribution in [0, 0.1) is 0 Å². The van der Waals surface area contributed by atoms with Crippen LogP contribution in [0.5, 0.6) is 0 Å². The SMILES string of the molecule is CC(c1ccccc1)N1CCC(NC(=O)C(C)(N)c2ccccc2)CC1. The molecule has 0 radical (unpaired) electrons. The van der Waals surface area contributed by atoms with Crippen LogP contribution in [-0.2, 0) is 10.3 Å². The Bertz CT molecular complexity index is 707. The van der Waals surface area contributed by atoms with E-state index in [1.54, 1.807) is 6.92 Å². The molecule has 0 bridgehead atoms. The Kier molecular flexibility index (Phi) is 5.74. The van der Waals surface area contributed by atoms with E-state index in [9.17, 15) is 4.79 Å². The van der Waals surface area contributed by atoms with E-state index in [-0.39, 0.29) is 11.9 Å². The maximum absolute atomic E-state index is 12.7. The lowest BCUT2D eigenvalue weighted by Crippen LogP contribution is -2.54. The molecule has 1 saturated heterocycles. The van der Waals surface area contributed by atoms with Gasteiger partial charge in [0.15, 0.2) is 0 Å². The molecule has 3 N–H and O–H groups in total. The lowest BCUT2D eigenvalue weighted by atomic mass is 9.91. The highest BCUT2D eigenvalue weighted by molar-refractivity contribution is 5.87. The fourth-order valence-electron chi connectivity index (χ4n) is 3.62. The summed E-state index contributed by atoms with van der Waals surface area (Å²) in [5.74, 6) is -0.0988. The fraction of sp³-hybridized carbons (Fsp3) is 0.409. The quantitative estimate of drug-likeness (QED) is 0.870. The van der Waals surface area contributed by atoms with Crippen molar-refractivity contribution < 1.29 is 4.79 Å². The summed E-state index contributed by atoms with van der Waals surface area (Å²) in [4.78, 5) is 15.2. The van der Waals surface area contributed by atoms with Gasteiger partial charge in [-0.25, -0.2) is 0 Å². The van der Waals surface area contributed by atoms with Gasteiger partial charge in [-0.1, -0.05) is 60.7 Å². The number of likely N-dealkylation sites (tertiary alicyclic amines) is 1. The van der Waals surface area contributed by atoms with Crippen LogP contribution in [0.25, 0.3) is 0 Å². The third kappa shape index (κ3) is 4.14. The molecule has 2 unspecified atom stereocenters. The van der Waals surface area contributed by atoms with Crippen molar-refractivity contribution in [1.29, 1.82) is 0 Å². The molecule has 4 nitrogen and oxygen atoms in total. The summed E-state index contributed by atoms with van der Waals surface area (Å²) < 4.78 is 0. The van der Waals surface area contributed by atoms with Crippen molar-refractivity contribution in [3.8, 4) is 0 Å². The van der Waals surface area contributed by atoms with Crippen LogP contribution in [0.1, 0.15) is 43.9 Å². The van der Waals surface area contributed by atoms with Crippen LogP contribution in [0.15, 0.2) is 60.7 Å². The fourth-order valence-corrected chi connectivity index (χ4v) is 3.62. The number of nitrogens with zero attached hydrogens (tertiary/aromatic N) is 1. The lowest BCUT2D eigenvalue weighted by molar-refractivity contribution is -0.127. The summed E-state index contributed by atoms with van der Waals surface area (Å²) in [5.41, 5.74) is 7.51. The number of piperidine rings is 1. The highest BCUT2D eigenvalue weighted by atomic mass is 16.2. The first-order chi connectivity index (χ1) is 12.5. The Hall–Kier alpha value is -2.17. The Morgan fingerprint density at radius 2 is 1.62 bits per heavy atom. The van der Waals surface area contributed by atoms with Crippen molar-refractivity contribution in [2.24, 2.45) is 5.73 Å². The first-order valence-electron chi connectivity index (χ1n) is 9.43. The van der Waals surface area contributed by atoms with Gasteiger partial charge in [-0.15, -0.1) is 0 Å². The van der Waals surface area contributed by atoms with E-state index >= 15 is 0 Å². The molecule has 1 aliphatic heterocycles. The molecule has 0 aromatic heterocycles. The van der Waals surface area contributed by atoms with Gasteiger partial charge in [0.25, 0.3) is 0 Å². The van der Waals surface area contributed by atoms with Crippen molar-refractivity contribution in [3.05, 3.63) is 71.8 Å². The number of benzene rings is 2. The number of carbonyl (C=O) groups is 1. The van der Waals surface area contributed by atoms with Crippen LogP contribution in [-0.4, -0.2) is 29.9 Å². The molecule has 1 amide bonds. The van der Waals surface area contributed by atoms with Gasteiger partial charge < -0.3 is 11.1 Å². The molecule has 26 heavy (non-hydrogen) atoms. The van der Waals surface area contributed by atoms with Crippen molar-refractivity contribution in [3.63, 3.8) is 0 Å². The molecule has 2 atom stereocenters. The number of amides is 1. The third-order valence-electron chi connectivity index (χ3n) is 5.54. The number of nitrogens with one attached hydrogen (secondary N) is 1. The zero-order valence-electron chi connectivity index (χ0n) is 15.7. The standard InChI is InChI=1S/C22H29N3O/c1-17(18-9-5-3-6-10-18)25-15-13-20(14-16-25)24-21(26)22(2,23)19-11-7-4-8-12-19/h3-12,17,20H,13-16,23H2,1-2H3,(H,24,26). The highest BCUT2D eigenvalue weighted by Gasteiger charge is 2.33. The van der Waals surface area contributed by atoms with Gasteiger partial charge in [0, 0.05) is 25.2 Å². The molecule has 2 aromatic carbocycles. The minimum atomic E-state index is -1.00. The van der Waals surface area contributed by atoms with E-state index in [0.717, 1.165) is 31.5 Å². The normalized spacial score (nSPS) is 19.5. The molecule has 0 saturated carbocycles. The van der Waals surface area contributed by atoms with Crippen LogP contribution in [0.3, 0.4) is 0 Å². The van der Waals surface area contributed by atoms with E-state index < -0.39 is 5.54 Å². The Morgan fingerprint density at radius 3 is 2.19 bits per heavy atom. The zero-order chi connectivity index (χ0) is 18.6. The summed E-state index contributed by atoms with van der Waals surface area (Å²) in [7, 11) is 0. The van der Waals surface area contributed by atoms with Gasteiger partial charge in [-0.3, -0.25) is 9.69 Å². The average molecular weight is 351 g/mol. The second-order valence-corrected chi connectivity index (χ2v) is 7.44. The van der Waals surface area contributed by atoms with E-state index in [1.165, 1.54) is 5.56 Å². The first kappa shape index (κ1) is 18.6. The van der Waals surface area contributed by atoms with Gasteiger partial charge in [0.1, 0.15) is 5.54 Å². The Balaban J connectivity index is 1.55. The molecule has 3 rings (SSSR count). The minimum Gasteiger partial charge on any atom is -0.351 e. The maximum atomic E-state index is 12.7. The minimum absolute atomic E-state index is 0.0988. The van der Waals surface area contributed by atoms with Crippen LogP contribution in [0.4, 0.5) is 0 Å². The monoisotopic (exact) mass is 351 g/mol. The second-order valence-electron chi connectivity index (χ2n) is 7.44. The molecule has 4 heteroatoms. The number of carbonyl (C=O) groups excluding carboxylic acids is 1. The summed E-state index contributed by atoms with van der Waals surface area (Å²) in [6, 6.07) is 20.7. The number of rotatable bonds is 5. The highest BCUT2D eigenvalue weighted by Crippen LogP contribution is 2.25. The largest absolute Gasteiger partial charge is 0.351 e. The Morgan fingerprint density at radius 1 is 1.08 bits per heavy atom. The molecule has 1 heterocycles. The molecule has 1 fully saturated rings. The summed E-state index contributed by atoms with van der Waals surface area (Å²) in [6.45, 7) is 5.99. The smallest absolute Gasteiger partial charge is 0.244 e. The lowest BCUT2D eigenvalue weighted by Gasteiger charge is -2.37. The average Bonchev–Trinajstić information content (AvgIpc) is 2.69. The number of hydrogen-bond acceptors (Lipinski definition) is 3. The molecule has 2 aromatic rings. The molecular weight excluding hydrogens is 322 g/mol. The maximum Gasteiger partial charge on any atom is 0.244 e. The van der Waals surface area contributed by atoms with Crippen LogP contribution < -0.4 is 11.1 Å². The van der Waals surface area contributed by atoms with Gasteiger partial charge in [-0.2, -0.15) is 0 Å². The first-order valence-corrected chi connectivity index (χ1v) is 9.43.